The van der Waals surface area contributed by atoms with Gasteiger partial charge in [0.2, 0.25) is 5.91 Å². The van der Waals surface area contributed by atoms with Gasteiger partial charge in [-0.05, 0) is 31.7 Å². The fourth-order valence-electron chi connectivity index (χ4n) is 4.51. The topological polar surface area (TPSA) is 86.9 Å². The predicted octanol–water partition coefficient (Wildman–Crippen LogP) is 2.67. The van der Waals surface area contributed by atoms with Crippen LogP contribution in [0, 0.1) is 12.8 Å². The summed E-state index contributed by atoms with van der Waals surface area (Å²) in [5.74, 6) is 1.52. The number of nitrogens with one attached hydrogen (secondary N) is 1. The Labute approximate surface area is 174 Å². The van der Waals surface area contributed by atoms with Crippen molar-refractivity contribution in [3.63, 3.8) is 0 Å². The molecule has 1 aliphatic rings. The highest BCUT2D eigenvalue weighted by molar-refractivity contribution is 5.96. The zero-order chi connectivity index (χ0) is 21.4. The maximum absolute atomic E-state index is 13.0. The van der Waals surface area contributed by atoms with Gasteiger partial charge in [-0.1, -0.05) is 19.8 Å². The number of benzene rings is 1. The summed E-state index contributed by atoms with van der Waals surface area (Å²) in [6.07, 6.45) is 4.52. The van der Waals surface area contributed by atoms with Crippen LogP contribution in [0.5, 0.6) is 11.5 Å². The minimum atomic E-state index is -0.318. The van der Waals surface area contributed by atoms with Crippen LogP contribution in [0.2, 0.25) is 0 Å². The van der Waals surface area contributed by atoms with Crippen LogP contribution in [-0.4, -0.2) is 40.3 Å². The zero-order valence-electron chi connectivity index (χ0n) is 17.9. The van der Waals surface area contributed by atoms with E-state index >= 15 is 0 Å². The fourth-order valence-corrected chi connectivity index (χ4v) is 4.51. The summed E-state index contributed by atoms with van der Waals surface area (Å²) in [6, 6.07) is 5.29. The lowest BCUT2D eigenvalue weighted by Gasteiger charge is -2.29. The van der Waals surface area contributed by atoms with Crippen LogP contribution in [0.15, 0.2) is 23.0 Å². The Balaban J connectivity index is 1.82. The first-order valence-electron chi connectivity index (χ1n) is 10.4. The van der Waals surface area contributed by atoms with Gasteiger partial charge in [0.1, 0.15) is 6.54 Å². The summed E-state index contributed by atoms with van der Waals surface area (Å²) in [7, 11) is 3.13. The number of aryl methyl sites for hydroxylation is 1. The number of ether oxygens (including phenoxy) is 2. The van der Waals surface area contributed by atoms with Gasteiger partial charge in [0.05, 0.1) is 19.7 Å². The van der Waals surface area contributed by atoms with Gasteiger partial charge in [0.25, 0.3) is 5.56 Å². The molecule has 0 unspecified atom stereocenters. The molecule has 0 aliphatic heterocycles. The van der Waals surface area contributed by atoms with E-state index in [1.165, 1.54) is 12.5 Å². The molecule has 0 radical (unpaired) electrons. The minimum absolute atomic E-state index is 0.0552. The van der Waals surface area contributed by atoms with E-state index in [9.17, 15) is 9.59 Å². The number of carbonyl (C=O) groups excluding carboxylic acids is 1. The van der Waals surface area contributed by atoms with E-state index < -0.39 is 0 Å². The van der Waals surface area contributed by atoms with Crippen molar-refractivity contribution in [3.8, 4) is 11.5 Å². The highest BCUT2D eigenvalue weighted by Gasteiger charge is 2.24. The van der Waals surface area contributed by atoms with Gasteiger partial charge in [-0.3, -0.25) is 14.3 Å². The Hall–Kier alpha value is -3.03. The van der Waals surface area contributed by atoms with Gasteiger partial charge >= 0.3 is 0 Å². The molecule has 8 heteroatoms. The Morgan fingerprint density at radius 2 is 1.87 bits per heavy atom. The van der Waals surface area contributed by atoms with Crippen LogP contribution >= 0.6 is 0 Å². The molecule has 2 heterocycles. The van der Waals surface area contributed by atoms with Crippen molar-refractivity contribution >= 4 is 22.5 Å². The van der Waals surface area contributed by atoms with Crippen LogP contribution in [0.25, 0.3) is 16.6 Å². The monoisotopic (exact) mass is 412 g/mol. The lowest BCUT2D eigenvalue weighted by Crippen LogP contribution is -2.42. The van der Waals surface area contributed by atoms with E-state index in [-0.39, 0.29) is 24.1 Å². The number of hydrogen-bond acceptors (Lipinski definition) is 5. The third-order valence-electron chi connectivity index (χ3n) is 6.10. The normalized spacial score (nSPS) is 19.2. The average molecular weight is 412 g/mol. The first-order chi connectivity index (χ1) is 14.4. The highest BCUT2D eigenvalue weighted by Crippen LogP contribution is 2.34. The summed E-state index contributed by atoms with van der Waals surface area (Å²) in [6.45, 7) is 4.14. The molecule has 1 aromatic carbocycles. The van der Waals surface area contributed by atoms with Gasteiger partial charge in [-0.25, -0.2) is 4.52 Å². The first-order valence-corrected chi connectivity index (χ1v) is 10.4. The SMILES string of the molecule is COc1cc2c(cc1OC)n(CC(=O)N[C@H]1CCCC[C@H]1C)n1c(C)cc(=O)nc21. The number of nitrogens with zero attached hydrogens (tertiary/aromatic N) is 3. The number of hydrogen-bond donors (Lipinski definition) is 1. The number of amides is 1. The maximum atomic E-state index is 13.0. The second-order valence-corrected chi connectivity index (χ2v) is 8.09. The standard InChI is InChI=1S/C22H28N4O4/c1-13-7-5-6-8-16(13)23-21(28)12-25-17-11-19(30-4)18(29-3)10-15(17)22-24-20(27)9-14(2)26(22)25/h9-11,13,16H,5-8,12H2,1-4H3,(H,23,28)/t13-,16+/m1/s1. The molecule has 1 fully saturated rings. The van der Waals surface area contributed by atoms with Crippen LogP contribution in [0.3, 0.4) is 0 Å². The van der Waals surface area contributed by atoms with Crippen molar-refractivity contribution in [1.82, 2.24) is 19.5 Å². The Morgan fingerprint density at radius 3 is 2.57 bits per heavy atom. The van der Waals surface area contributed by atoms with Crippen molar-refractivity contribution < 1.29 is 14.3 Å². The van der Waals surface area contributed by atoms with Crippen LogP contribution in [-0.2, 0) is 11.3 Å². The molecule has 160 valence electrons. The van der Waals surface area contributed by atoms with Gasteiger partial charge in [0, 0.05) is 29.3 Å². The first kappa shape index (κ1) is 20.3. The van der Waals surface area contributed by atoms with Gasteiger partial charge in [0.15, 0.2) is 17.1 Å². The zero-order valence-corrected chi connectivity index (χ0v) is 17.9. The van der Waals surface area contributed by atoms with Crippen molar-refractivity contribution in [2.24, 2.45) is 5.92 Å². The Bertz CT molecular complexity index is 1160. The molecule has 8 nitrogen and oxygen atoms in total. The largest absolute Gasteiger partial charge is 0.493 e. The van der Waals surface area contributed by atoms with Crippen molar-refractivity contribution in [2.75, 3.05) is 14.2 Å². The van der Waals surface area contributed by atoms with E-state index in [0.717, 1.165) is 30.2 Å². The van der Waals surface area contributed by atoms with E-state index in [2.05, 4.69) is 17.2 Å². The summed E-state index contributed by atoms with van der Waals surface area (Å²) < 4.78 is 14.5. The van der Waals surface area contributed by atoms with E-state index in [4.69, 9.17) is 9.47 Å². The average Bonchev–Trinajstić information content (AvgIpc) is 3.01. The molecule has 1 amide bonds. The Kier molecular flexibility index (Phi) is 5.40. The summed E-state index contributed by atoms with van der Waals surface area (Å²) >= 11 is 0. The lowest BCUT2D eigenvalue weighted by atomic mass is 9.86. The summed E-state index contributed by atoms with van der Waals surface area (Å²) in [4.78, 5) is 29.3. The molecular formula is C22H28N4O4. The number of carbonyl (C=O) groups is 1. The number of aromatic nitrogens is 3. The van der Waals surface area contributed by atoms with Crippen molar-refractivity contribution in [3.05, 3.63) is 34.2 Å². The third kappa shape index (κ3) is 3.51. The van der Waals surface area contributed by atoms with Crippen molar-refractivity contribution in [1.29, 1.82) is 0 Å². The second-order valence-electron chi connectivity index (χ2n) is 8.09. The third-order valence-corrected chi connectivity index (χ3v) is 6.10. The molecule has 2 atom stereocenters. The van der Waals surface area contributed by atoms with Gasteiger partial charge in [-0.2, -0.15) is 4.98 Å². The number of methoxy groups -OCH3 is 2. The second kappa shape index (κ2) is 8.01. The molecule has 0 spiro atoms. The summed E-state index contributed by atoms with van der Waals surface area (Å²) in [5.41, 5.74) is 1.63. The molecule has 30 heavy (non-hydrogen) atoms. The molecule has 3 aromatic rings. The van der Waals surface area contributed by atoms with Gasteiger partial charge in [-0.15, -0.1) is 0 Å². The molecule has 1 saturated carbocycles. The van der Waals surface area contributed by atoms with Crippen LogP contribution in [0.4, 0.5) is 0 Å². The minimum Gasteiger partial charge on any atom is -0.493 e. The quantitative estimate of drug-likeness (QED) is 0.696. The van der Waals surface area contributed by atoms with Gasteiger partial charge < -0.3 is 14.8 Å². The highest BCUT2D eigenvalue weighted by atomic mass is 16.5. The van der Waals surface area contributed by atoms with Crippen LogP contribution in [0.1, 0.15) is 38.3 Å². The molecule has 4 rings (SSSR count). The molecule has 1 aliphatic carbocycles. The van der Waals surface area contributed by atoms with E-state index in [1.807, 2.05) is 22.2 Å². The number of rotatable bonds is 5. The number of fused-ring (bicyclic) bond motifs is 3. The molecule has 0 saturated heterocycles. The molecule has 1 N–H and O–H groups in total. The smallest absolute Gasteiger partial charge is 0.273 e. The molecular weight excluding hydrogens is 384 g/mol. The maximum Gasteiger partial charge on any atom is 0.273 e. The molecule has 0 bridgehead atoms. The Morgan fingerprint density at radius 1 is 1.17 bits per heavy atom. The fraction of sp³-hybridized carbons (Fsp3) is 0.500. The van der Waals surface area contributed by atoms with Crippen molar-refractivity contribution in [2.45, 2.75) is 52.1 Å². The van der Waals surface area contributed by atoms with Crippen LogP contribution < -0.4 is 20.3 Å². The molecule has 2 aromatic heterocycles. The summed E-state index contributed by atoms with van der Waals surface area (Å²) in [5, 5.41) is 3.94. The van der Waals surface area contributed by atoms with E-state index in [0.29, 0.717) is 28.8 Å². The predicted molar refractivity (Wildman–Crippen MR) is 114 cm³/mol. The van der Waals surface area contributed by atoms with E-state index in [1.54, 1.807) is 20.3 Å². The lowest BCUT2D eigenvalue weighted by molar-refractivity contribution is -0.123.